The third-order valence-electron chi connectivity index (χ3n) is 2.03. The molecule has 0 fully saturated rings. The monoisotopic (exact) mass is 282 g/mol. The molecule has 0 saturated carbocycles. The summed E-state index contributed by atoms with van der Waals surface area (Å²) >= 11 is 5.55. The SMILES string of the molecule is CCOC(=O)c1cc(CN)c(Cl)nc1C(F)(F)F. The van der Waals surface area contributed by atoms with Gasteiger partial charge in [-0.2, -0.15) is 13.2 Å². The maximum absolute atomic E-state index is 12.7. The van der Waals surface area contributed by atoms with Gasteiger partial charge >= 0.3 is 12.1 Å². The normalized spacial score (nSPS) is 11.4. The van der Waals surface area contributed by atoms with E-state index in [9.17, 15) is 18.0 Å². The Hall–Kier alpha value is -1.34. The zero-order chi connectivity index (χ0) is 13.9. The number of ether oxygens (including phenoxy) is 1. The maximum atomic E-state index is 12.7. The van der Waals surface area contributed by atoms with Gasteiger partial charge in [0.1, 0.15) is 5.15 Å². The summed E-state index contributed by atoms with van der Waals surface area (Å²) in [5.74, 6) is -1.11. The maximum Gasteiger partial charge on any atom is 0.434 e. The number of esters is 1. The molecule has 2 N–H and O–H groups in total. The van der Waals surface area contributed by atoms with Crippen molar-refractivity contribution in [2.24, 2.45) is 5.73 Å². The highest BCUT2D eigenvalue weighted by Crippen LogP contribution is 2.33. The molecular formula is C10H10ClF3N2O2. The summed E-state index contributed by atoms with van der Waals surface area (Å²) in [6.45, 7) is 1.31. The first-order valence-electron chi connectivity index (χ1n) is 4.95. The highest BCUT2D eigenvalue weighted by molar-refractivity contribution is 6.30. The molecule has 4 nitrogen and oxygen atoms in total. The summed E-state index contributed by atoms with van der Waals surface area (Å²) in [4.78, 5) is 14.6. The van der Waals surface area contributed by atoms with Crippen LogP contribution in [0.5, 0.6) is 0 Å². The van der Waals surface area contributed by atoms with Crippen molar-refractivity contribution in [3.8, 4) is 0 Å². The van der Waals surface area contributed by atoms with Crippen LogP contribution in [0.15, 0.2) is 6.07 Å². The average molecular weight is 283 g/mol. The first-order chi connectivity index (χ1) is 8.31. The van der Waals surface area contributed by atoms with Gasteiger partial charge in [-0.3, -0.25) is 0 Å². The van der Waals surface area contributed by atoms with Crippen molar-refractivity contribution < 1.29 is 22.7 Å². The molecule has 1 rings (SSSR count). The molecule has 0 aliphatic heterocycles. The molecule has 18 heavy (non-hydrogen) atoms. The number of carbonyl (C=O) groups excluding carboxylic acids is 1. The van der Waals surface area contributed by atoms with E-state index in [1.807, 2.05) is 0 Å². The highest BCUT2D eigenvalue weighted by Gasteiger charge is 2.38. The second-order valence-corrected chi connectivity index (χ2v) is 3.61. The molecule has 0 atom stereocenters. The summed E-state index contributed by atoms with van der Waals surface area (Å²) in [7, 11) is 0. The van der Waals surface area contributed by atoms with Gasteiger partial charge in [0.05, 0.1) is 12.2 Å². The quantitative estimate of drug-likeness (QED) is 0.683. The number of nitrogens with zero attached hydrogens (tertiary/aromatic N) is 1. The van der Waals surface area contributed by atoms with Crippen molar-refractivity contribution in [2.45, 2.75) is 19.6 Å². The van der Waals surface area contributed by atoms with E-state index < -0.39 is 23.4 Å². The minimum Gasteiger partial charge on any atom is -0.462 e. The van der Waals surface area contributed by atoms with Crippen LogP contribution in [0.25, 0.3) is 0 Å². The average Bonchev–Trinajstić information content (AvgIpc) is 2.27. The van der Waals surface area contributed by atoms with Gasteiger partial charge in [0.25, 0.3) is 0 Å². The Bertz CT molecular complexity index is 463. The molecule has 1 heterocycles. The number of aromatic nitrogens is 1. The van der Waals surface area contributed by atoms with E-state index in [1.54, 1.807) is 0 Å². The van der Waals surface area contributed by atoms with E-state index in [0.717, 1.165) is 6.07 Å². The lowest BCUT2D eigenvalue weighted by molar-refractivity contribution is -0.141. The Kier molecular flexibility index (Phi) is 4.53. The van der Waals surface area contributed by atoms with Crippen LogP contribution in [0.3, 0.4) is 0 Å². The first kappa shape index (κ1) is 14.7. The van der Waals surface area contributed by atoms with Crippen molar-refractivity contribution in [1.82, 2.24) is 4.98 Å². The lowest BCUT2D eigenvalue weighted by atomic mass is 10.1. The predicted octanol–water partition coefficient (Wildman–Crippen LogP) is 2.39. The third kappa shape index (κ3) is 3.11. The topological polar surface area (TPSA) is 65.2 Å². The zero-order valence-corrected chi connectivity index (χ0v) is 10.1. The Morgan fingerprint density at radius 1 is 1.56 bits per heavy atom. The fourth-order valence-corrected chi connectivity index (χ4v) is 1.47. The van der Waals surface area contributed by atoms with Gasteiger partial charge in [0, 0.05) is 12.1 Å². The van der Waals surface area contributed by atoms with Crippen molar-refractivity contribution in [3.63, 3.8) is 0 Å². The summed E-state index contributed by atoms with van der Waals surface area (Å²) in [5.41, 5.74) is 3.38. The molecule has 0 saturated heterocycles. The molecular weight excluding hydrogens is 273 g/mol. The molecule has 100 valence electrons. The van der Waals surface area contributed by atoms with Crippen LogP contribution in [0, 0.1) is 0 Å². The van der Waals surface area contributed by atoms with Crippen molar-refractivity contribution in [2.75, 3.05) is 6.61 Å². The number of rotatable bonds is 3. The standard InChI is InChI=1S/C10H10ClF3N2O2/c1-2-18-9(17)6-3-5(4-15)8(11)16-7(6)10(12,13)14/h3H,2,4,15H2,1H3. The van der Waals surface area contributed by atoms with Crippen LogP contribution >= 0.6 is 11.6 Å². The molecule has 8 heteroatoms. The minimum absolute atomic E-state index is 0.0449. The van der Waals surface area contributed by atoms with Gasteiger partial charge in [-0.15, -0.1) is 0 Å². The highest BCUT2D eigenvalue weighted by atomic mass is 35.5. The Morgan fingerprint density at radius 2 is 2.17 bits per heavy atom. The third-order valence-corrected chi connectivity index (χ3v) is 2.36. The molecule has 0 aromatic carbocycles. The van der Waals surface area contributed by atoms with Crippen LogP contribution in [0.1, 0.15) is 28.5 Å². The predicted molar refractivity (Wildman–Crippen MR) is 58.1 cm³/mol. The van der Waals surface area contributed by atoms with Crippen LogP contribution in [-0.4, -0.2) is 17.6 Å². The smallest absolute Gasteiger partial charge is 0.434 e. The Labute approximate surface area is 106 Å². The number of halogens is 4. The molecule has 0 bridgehead atoms. The molecule has 0 aliphatic carbocycles. The van der Waals surface area contributed by atoms with E-state index in [0.29, 0.717) is 0 Å². The van der Waals surface area contributed by atoms with Crippen molar-refractivity contribution in [3.05, 3.63) is 28.0 Å². The van der Waals surface area contributed by atoms with Crippen LogP contribution in [0.4, 0.5) is 13.2 Å². The molecule has 0 radical (unpaired) electrons. The number of carbonyl (C=O) groups is 1. The van der Waals surface area contributed by atoms with Crippen LogP contribution < -0.4 is 5.73 Å². The molecule has 1 aromatic rings. The first-order valence-corrected chi connectivity index (χ1v) is 5.32. The number of nitrogens with two attached hydrogens (primary N) is 1. The number of hydrogen-bond acceptors (Lipinski definition) is 4. The van der Waals surface area contributed by atoms with Gasteiger partial charge in [0.2, 0.25) is 0 Å². The van der Waals surface area contributed by atoms with Crippen LogP contribution in [-0.2, 0) is 17.5 Å². The lowest BCUT2D eigenvalue weighted by Crippen LogP contribution is -2.19. The summed E-state index contributed by atoms with van der Waals surface area (Å²) in [6, 6.07) is 0.955. The minimum atomic E-state index is -4.79. The fourth-order valence-electron chi connectivity index (χ4n) is 1.26. The van der Waals surface area contributed by atoms with Crippen LogP contribution in [0.2, 0.25) is 5.15 Å². The van der Waals surface area contributed by atoms with Gasteiger partial charge < -0.3 is 10.5 Å². The fraction of sp³-hybridized carbons (Fsp3) is 0.400. The van der Waals surface area contributed by atoms with E-state index in [4.69, 9.17) is 17.3 Å². The Balaban J connectivity index is 3.40. The number of alkyl halides is 3. The van der Waals surface area contributed by atoms with E-state index >= 15 is 0 Å². The molecule has 1 aromatic heterocycles. The molecule has 0 aliphatic rings. The van der Waals surface area contributed by atoms with E-state index in [-0.39, 0.29) is 23.9 Å². The largest absolute Gasteiger partial charge is 0.462 e. The van der Waals surface area contributed by atoms with E-state index in [1.165, 1.54) is 6.92 Å². The summed E-state index contributed by atoms with van der Waals surface area (Å²) in [5, 5.41) is -0.377. The second kappa shape index (κ2) is 5.53. The summed E-state index contributed by atoms with van der Waals surface area (Å²) in [6.07, 6.45) is -4.79. The number of hydrogen-bond donors (Lipinski definition) is 1. The lowest BCUT2D eigenvalue weighted by Gasteiger charge is -2.13. The zero-order valence-electron chi connectivity index (χ0n) is 9.34. The van der Waals surface area contributed by atoms with Gasteiger partial charge in [0.15, 0.2) is 5.69 Å². The van der Waals surface area contributed by atoms with Gasteiger partial charge in [-0.1, -0.05) is 11.6 Å². The molecule has 0 unspecified atom stereocenters. The van der Waals surface area contributed by atoms with Crippen molar-refractivity contribution >= 4 is 17.6 Å². The second-order valence-electron chi connectivity index (χ2n) is 3.26. The van der Waals surface area contributed by atoms with Gasteiger partial charge in [-0.25, -0.2) is 9.78 Å². The Morgan fingerprint density at radius 3 is 2.61 bits per heavy atom. The molecule has 0 spiro atoms. The van der Waals surface area contributed by atoms with Gasteiger partial charge in [-0.05, 0) is 13.0 Å². The number of pyridine rings is 1. The van der Waals surface area contributed by atoms with E-state index in [2.05, 4.69) is 9.72 Å². The molecule has 0 amide bonds. The van der Waals surface area contributed by atoms with Crippen molar-refractivity contribution in [1.29, 1.82) is 0 Å². The summed E-state index contributed by atoms with van der Waals surface area (Å²) < 4.78 is 42.7.